The van der Waals surface area contributed by atoms with Gasteiger partial charge >= 0.3 is 6.18 Å². The largest absolute Gasteiger partial charge is 0.408 e. The van der Waals surface area contributed by atoms with Crippen molar-refractivity contribution in [1.82, 2.24) is 25.5 Å². The Morgan fingerprint density at radius 3 is 2.70 bits per heavy atom. The SMILES string of the molecule is CC(NC(=O)CSc1nnnn1CC(F)(F)F)c1ccccc1. The number of thioether (sulfide) groups is 1. The number of benzene rings is 1. The van der Waals surface area contributed by atoms with Gasteiger partial charge in [-0.3, -0.25) is 4.79 Å². The van der Waals surface area contributed by atoms with Gasteiger partial charge in [0.05, 0.1) is 11.8 Å². The first kappa shape index (κ1) is 17.3. The average Bonchev–Trinajstić information content (AvgIpc) is 2.91. The van der Waals surface area contributed by atoms with E-state index in [1.54, 1.807) is 0 Å². The van der Waals surface area contributed by atoms with Crippen LogP contribution < -0.4 is 5.32 Å². The van der Waals surface area contributed by atoms with Gasteiger partial charge in [0.1, 0.15) is 6.54 Å². The van der Waals surface area contributed by atoms with E-state index in [9.17, 15) is 18.0 Å². The van der Waals surface area contributed by atoms with Gasteiger partial charge in [-0.2, -0.15) is 13.2 Å². The molecular weight excluding hydrogens is 331 g/mol. The van der Waals surface area contributed by atoms with Gasteiger partial charge in [0.2, 0.25) is 11.1 Å². The zero-order chi connectivity index (χ0) is 16.9. The van der Waals surface area contributed by atoms with Gasteiger partial charge in [0.15, 0.2) is 0 Å². The highest BCUT2D eigenvalue weighted by molar-refractivity contribution is 7.99. The molecule has 0 aliphatic carbocycles. The maximum Gasteiger partial charge on any atom is 0.408 e. The van der Waals surface area contributed by atoms with Crippen molar-refractivity contribution in [1.29, 1.82) is 0 Å². The highest BCUT2D eigenvalue weighted by Gasteiger charge is 2.30. The molecule has 2 aromatic rings. The lowest BCUT2D eigenvalue weighted by Crippen LogP contribution is -2.28. The molecule has 0 bridgehead atoms. The van der Waals surface area contributed by atoms with Crippen molar-refractivity contribution in [2.75, 3.05) is 5.75 Å². The van der Waals surface area contributed by atoms with Gasteiger partial charge < -0.3 is 5.32 Å². The van der Waals surface area contributed by atoms with Gasteiger partial charge in [-0.15, -0.1) is 5.10 Å². The number of hydrogen-bond donors (Lipinski definition) is 1. The Labute approximate surface area is 134 Å². The van der Waals surface area contributed by atoms with E-state index in [0.717, 1.165) is 17.3 Å². The van der Waals surface area contributed by atoms with Crippen LogP contribution in [-0.4, -0.2) is 38.0 Å². The molecule has 1 aromatic heterocycles. The minimum Gasteiger partial charge on any atom is -0.349 e. The van der Waals surface area contributed by atoms with Crippen molar-refractivity contribution in [2.24, 2.45) is 0 Å². The minimum absolute atomic E-state index is 0.0511. The maximum absolute atomic E-state index is 12.4. The van der Waals surface area contributed by atoms with Crippen LogP contribution in [0.2, 0.25) is 0 Å². The van der Waals surface area contributed by atoms with Gasteiger partial charge in [0.25, 0.3) is 0 Å². The van der Waals surface area contributed by atoms with Gasteiger partial charge in [0, 0.05) is 0 Å². The number of nitrogens with one attached hydrogen (secondary N) is 1. The second-order valence-corrected chi connectivity index (χ2v) is 5.67. The summed E-state index contributed by atoms with van der Waals surface area (Å²) < 4.78 is 37.7. The number of rotatable bonds is 6. The minimum atomic E-state index is -4.42. The molecule has 1 atom stereocenters. The number of carbonyl (C=O) groups is 1. The summed E-state index contributed by atoms with van der Waals surface area (Å²) in [7, 11) is 0. The molecule has 0 fully saturated rings. The van der Waals surface area contributed by atoms with Crippen molar-refractivity contribution in [3.8, 4) is 0 Å². The molecule has 0 spiro atoms. The van der Waals surface area contributed by atoms with E-state index < -0.39 is 12.7 Å². The summed E-state index contributed by atoms with van der Waals surface area (Å²) in [5, 5.41) is 12.7. The average molecular weight is 345 g/mol. The topological polar surface area (TPSA) is 72.7 Å². The van der Waals surface area contributed by atoms with E-state index in [1.165, 1.54) is 0 Å². The van der Waals surface area contributed by atoms with E-state index in [4.69, 9.17) is 0 Å². The van der Waals surface area contributed by atoms with E-state index in [2.05, 4.69) is 20.8 Å². The van der Waals surface area contributed by atoms with Gasteiger partial charge in [-0.1, -0.05) is 42.1 Å². The fourth-order valence-corrected chi connectivity index (χ4v) is 2.50. The van der Waals surface area contributed by atoms with Crippen LogP contribution in [0.3, 0.4) is 0 Å². The van der Waals surface area contributed by atoms with Crippen molar-refractivity contribution in [2.45, 2.75) is 30.8 Å². The Morgan fingerprint density at radius 1 is 1.35 bits per heavy atom. The molecule has 1 N–H and O–H groups in total. The Hall–Kier alpha value is -2.10. The quantitative estimate of drug-likeness (QED) is 0.813. The molecule has 1 unspecified atom stereocenters. The first-order valence-corrected chi connectivity index (χ1v) is 7.64. The molecule has 10 heteroatoms. The van der Waals surface area contributed by atoms with Crippen molar-refractivity contribution < 1.29 is 18.0 Å². The third-order valence-electron chi connectivity index (χ3n) is 2.84. The number of carbonyl (C=O) groups excluding carboxylic acids is 1. The van der Waals surface area contributed by atoms with E-state index >= 15 is 0 Å². The number of hydrogen-bond acceptors (Lipinski definition) is 5. The summed E-state index contributed by atoms with van der Waals surface area (Å²) in [6.45, 7) is 0.538. The fourth-order valence-electron chi connectivity index (χ4n) is 1.81. The summed E-state index contributed by atoms with van der Waals surface area (Å²) in [5.74, 6) is -0.386. The number of halogens is 3. The van der Waals surface area contributed by atoms with E-state index in [-0.39, 0.29) is 22.9 Å². The molecule has 0 saturated carbocycles. The summed E-state index contributed by atoms with van der Waals surface area (Å²) in [6, 6.07) is 9.14. The summed E-state index contributed by atoms with van der Waals surface area (Å²) in [5.41, 5.74) is 0.938. The highest BCUT2D eigenvalue weighted by Crippen LogP contribution is 2.21. The molecule has 6 nitrogen and oxygen atoms in total. The second-order valence-electron chi connectivity index (χ2n) is 4.72. The van der Waals surface area contributed by atoms with E-state index in [0.29, 0.717) is 4.68 Å². The molecule has 2 rings (SSSR count). The Balaban J connectivity index is 1.87. The number of alkyl halides is 3. The maximum atomic E-state index is 12.4. The van der Waals surface area contributed by atoms with Crippen LogP contribution in [0, 0.1) is 0 Å². The molecule has 0 aliphatic heterocycles. The normalized spacial score (nSPS) is 12.9. The zero-order valence-electron chi connectivity index (χ0n) is 12.1. The number of tetrazole rings is 1. The van der Waals surface area contributed by atoms with Crippen LogP contribution in [0.1, 0.15) is 18.5 Å². The molecular formula is C13H14F3N5OS. The number of aromatic nitrogens is 4. The third kappa shape index (κ3) is 5.55. The molecule has 23 heavy (non-hydrogen) atoms. The Bertz CT molecular complexity index is 647. The summed E-state index contributed by atoms with van der Waals surface area (Å²) >= 11 is 0.854. The van der Waals surface area contributed by atoms with Crippen LogP contribution >= 0.6 is 11.8 Å². The van der Waals surface area contributed by atoms with Crippen LogP contribution in [0.15, 0.2) is 35.5 Å². The summed E-state index contributed by atoms with van der Waals surface area (Å²) in [4.78, 5) is 11.9. The predicted octanol–water partition coefficient (Wildman–Crippen LogP) is 2.20. The van der Waals surface area contributed by atoms with Crippen LogP contribution in [-0.2, 0) is 11.3 Å². The predicted molar refractivity (Wildman–Crippen MR) is 77.6 cm³/mol. The van der Waals surface area contributed by atoms with Gasteiger partial charge in [-0.25, -0.2) is 4.68 Å². The molecule has 0 saturated heterocycles. The zero-order valence-corrected chi connectivity index (χ0v) is 12.9. The number of amides is 1. The molecule has 1 amide bonds. The van der Waals surface area contributed by atoms with Crippen molar-refractivity contribution >= 4 is 17.7 Å². The second kappa shape index (κ2) is 7.44. The van der Waals surface area contributed by atoms with Crippen LogP contribution in [0.25, 0.3) is 0 Å². The number of nitrogens with zero attached hydrogens (tertiary/aromatic N) is 4. The smallest absolute Gasteiger partial charge is 0.349 e. The van der Waals surface area contributed by atoms with Crippen LogP contribution in [0.5, 0.6) is 0 Å². The fraction of sp³-hybridized carbons (Fsp3) is 0.385. The van der Waals surface area contributed by atoms with Crippen LogP contribution in [0.4, 0.5) is 13.2 Å². The highest BCUT2D eigenvalue weighted by atomic mass is 32.2. The van der Waals surface area contributed by atoms with E-state index in [1.807, 2.05) is 37.3 Å². The molecule has 0 radical (unpaired) electrons. The lowest BCUT2D eigenvalue weighted by Gasteiger charge is -2.14. The lowest BCUT2D eigenvalue weighted by molar-refractivity contribution is -0.144. The third-order valence-corrected chi connectivity index (χ3v) is 3.79. The molecule has 124 valence electrons. The van der Waals surface area contributed by atoms with Gasteiger partial charge in [-0.05, 0) is 22.9 Å². The Morgan fingerprint density at radius 2 is 2.04 bits per heavy atom. The Kier molecular flexibility index (Phi) is 5.59. The lowest BCUT2D eigenvalue weighted by atomic mass is 10.1. The standard InChI is InChI=1S/C13H14F3N5OS/c1-9(10-5-3-2-4-6-10)17-11(22)7-23-12-18-19-20-21(12)8-13(14,15)16/h2-6,9H,7-8H2,1H3,(H,17,22). The van der Waals surface area contributed by atoms with Crippen molar-refractivity contribution in [3.63, 3.8) is 0 Å². The molecule has 0 aliphatic rings. The van der Waals surface area contributed by atoms with Crippen molar-refractivity contribution in [3.05, 3.63) is 35.9 Å². The first-order chi connectivity index (χ1) is 10.8. The molecule has 1 aromatic carbocycles. The summed E-state index contributed by atoms with van der Waals surface area (Å²) in [6.07, 6.45) is -4.42. The first-order valence-electron chi connectivity index (χ1n) is 6.65. The molecule has 1 heterocycles. The monoisotopic (exact) mass is 345 g/mol.